The van der Waals surface area contributed by atoms with E-state index in [1.54, 1.807) is 20.8 Å². The summed E-state index contributed by atoms with van der Waals surface area (Å²) in [6.45, 7) is 5.20. The van der Waals surface area contributed by atoms with Crippen molar-refractivity contribution in [3.63, 3.8) is 0 Å². The van der Waals surface area contributed by atoms with Gasteiger partial charge in [0.05, 0.1) is 7.11 Å². The molecule has 1 N–H and O–H groups in total. The molecule has 0 aromatic heterocycles. The number of alkyl carbamates (subject to hydrolysis) is 1. The third-order valence-corrected chi connectivity index (χ3v) is 3.38. The van der Waals surface area contributed by atoms with Crippen molar-refractivity contribution in [2.45, 2.75) is 45.1 Å². The maximum Gasteiger partial charge on any atom is 0.408 e. The molecule has 1 aromatic carbocycles. The minimum Gasteiger partial charge on any atom is -0.467 e. The minimum absolute atomic E-state index is 0.110. The van der Waals surface area contributed by atoms with Crippen LogP contribution in [0.5, 0.6) is 0 Å². The maximum absolute atomic E-state index is 12.2. The first-order chi connectivity index (χ1) is 11.7. The number of carbonyl (C=O) groups excluding carboxylic acids is 3. The second kappa shape index (κ2) is 7.52. The average Bonchev–Trinajstić information content (AvgIpc) is 2.55. The highest BCUT2D eigenvalue weighted by atomic mass is 16.7. The lowest BCUT2D eigenvalue weighted by atomic mass is 9.98. The zero-order valence-electron chi connectivity index (χ0n) is 14.6. The number of ether oxygens (including phenoxy) is 2. The monoisotopic (exact) mass is 350 g/mol. The third-order valence-electron chi connectivity index (χ3n) is 3.38. The highest BCUT2D eigenvalue weighted by molar-refractivity contribution is 6.00. The van der Waals surface area contributed by atoms with E-state index in [-0.39, 0.29) is 6.61 Å². The fourth-order valence-electron chi connectivity index (χ4n) is 2.25. The van der Waals surface area contributed by atoms with Crippen LogP contribution in [-0.2, 0) is 30.5 Å². The molecule has 1 aliphatic rings. The summed E-state index contributed by atoms with van der Waals surface area (Å²) < 4.78 is 9.80. The molecule has 2 amide bonds. The number of hydrogen-bond acceptors (Lipinski definition) is 6. The lowest BCUT2D eigenvalue weighted by molar-refractivity contribution is -0.243. The smallest absolute Gasteiger partial charge is 0.408 e. The van der Waals surface area contributed by atoms with Crippen LogP contribution in [0.2, 0.25) is 0 Å². The standard InChI is InChI=1S/C17H22N2O6/c1-17(2,3)25-16(22)18-12-13(15(21)23-4)19(14(12)20)24-10-11-8-6-5-7-9-11/h5-9,12-13H,10H2,1-4H3,(H,18,22)/t12-,13+/m1/s1. The zero-order chi connectivity index (χ0) is 18.6. The molecule has 25 heavy (non-hydrogen) atoms. The number of methoxy groups -OCH3 is 1. The fraction of sp³-hybridized carbons (Fsp3) is 0.471. The van der Waals surface area contributed by atoms with Gasteiger partial charge in [0.25, 0.3) is 5.91 Å². The molecular weight excluding hydrogens is 328 g/mol. The summed E-state index contributed by atoms with van der Waals surface area (Å²) in [6.07, 6.45) is -0.789. The van der Waals surface area contributed by atoms with Gasteiger partial charge < -0.3 is 14.8 Å². The van der Waals surface area contributed by atoms with Crippen LogP contribution in [-0.4, -0.2) is 47.8 Å². The Labute approximate surface area is 146 Å². The van der Waals surface area contributed by atoms with E-state index in [9.17, 15) is 14.4 Å². The molecule has 0 aliphatic carbocycles. The Morgan fingerprint density at radius 3 is 2.40 bits per heavy atom. The lowest BCUT2D eigenvalue weighted by Gasteiger charge is -2.43. The van der Waals surface area contributed by atoms with Gasteiger partial charge in [-0.3, -0.25) is 9.63 Å². The van der Waals surface area contributed by atoms with Crippen LogP contribution in [0.3, 0.4) is 0 Å². The van der Waals surface area contributed by atoms with Gasteiger partial charge in [-0.05, 0) is 26.3 Å². The number of hydroxylamine groups is 2. The van der Waals surface area contributed by atoms with Crippen LogP contribution in [0.15, 0.2) is 30.3 Å². The number of nitrogens with zero attached hydrogens (tertiary/aromatic N) is 1. The molecular formula is C17H22N2O6. The van der Waals surface area contributed by atoms with E-state index in [1.165, 1.54) is 7.11 Å². The van der Waals surface area contributed by atoms with Gasteiger partial charge in [-0.15, -0.1) is 0 Å². The predicted molar refractivity (Wildman–Crippen MR) is 87.0 cm³/mol. The minimum atomic E-state index is -1.09. The van der Waals surface area contributed by atoms with E-state index < -0.39 is 35.7 Å². The van der Waals surface area contributed by atoms with Crippen molar-refractivity contribution >= 4 is 18.0 Å². The molecule has 8 nitrogen and oxygen atoms in total. The Kier molecular flexibility index (Phi) is 5.63. The van der Waals surface area contributed by atoms with E-state index in [2.05, 4.69) is 5.32 Å². The molecule has 0 unspecified atom stereocenters. The fourth-order valence-corrected chi connectivity index (χ4v) is 2.25. The molecule has 136 valence electrons. The van der Waals surface area contributed by atoms with Crippen LogP contribution in [0.25, 0.3) is 0 Å². The Bertz CT molecular complexity index is 640. The number of esters is 1. The predicted octanol–water partition coefficient (Wildman–Crippen LogP) is 1.40. The summed E-state index contributed by atoms with van der Waals surface area (Å²) in [5.74, 6) is -1.23. The first-order valence-corrected chi connectivity index (χ1v) is 7.80. The van der Waals surface area contributed by atoms with Gasteiger partial charge in [0, 0.05) is 0 Å². The topological polar surface area (TPSA) is 94.2 Å². The van der Waals surface area contributed by atoms with E-state index in [1.807, 2.05) is 30.3 Å². The van der Waals surface area contributed by atoms with Crippen LogP contribution in [0.1, 0.15) is 26.3 Å². The molecule has 2 atom stereocenters. The lowest BCUT2D eigenvalue weighted by Crippen LogP contribution is -2.73. The van der Waals surface area contributed by atoms with Gasteiger partial charge in [0.1, 0.15) is 18.2 Å². The molecule has 0 radical (unpaired) electrons. The molecule has 8 heteroatoms. The van der Waals surface area contributed by atoms with Crippen LogP contribution >= 0.6 is 0 Å². The molecule has 0 spiro atoms. The van der Waals surface area contributed by atoms with Crippen molar-refractivity contribution in [2.24, 2.45) is 0 Å². The number of β-lactam (4-membered cyclic amide) rings is 1. The highest BCUT2D eigenvalue weighted by Crippen LogP contribution is 2.23. The van der Waals surface area contributed by atoms with Gasteiger partial charge in [-0.25, -0.2) is 14.7 Å². The number of carbonyl (C=O) groups is 3. The molecule has 1 saturated heterocycles. The second-order valence-electron chi connectivity index (χ2n) is 6.51. The quantitative estimate of drug-likeness (QED) is 0.637. The third kappa shape index (κ3) is 4.69. The molecule has 1 fully saturated rings. The molecule has 0 saturated carbocycles. The van der Waals surface area contributed by atoms with Crippen molar-refractivity contribution in [1.29, 1.82) is 0 Å². The van der Waals surface area contributed by atoms with Crippen molar-refractivity contribution < 1.29 is 28.7 Å². The SMILES string of the molecule is COC(=O)[C@@H]1[C@@H](NC(=O)OC(C)(C)C)C(=O)N1OCc1ccccc1. The number of benzene rings is 1. The van der Waals surface area contributed by atoms with Crippen LogP contribution in [0, 0.1) is 0 Å². The summed E-state index contributed by atoms with van der Waals surface area (Å²) >= 11 is 0. The zero-order valence-corrected chi connectivity index (χ0v) is 14.6. The van der Waals surface area contributed by atoms with Gasteiger partial charge in [-0.2, -0.15) is 0 Å². The van der Waals surface area contributed by atoms with E-state index in [0.717, 1.165) is 10.6 Å². The number of amides is 2. The summed E-state index contributed by atoms with van der Waals surface area (Å²) in [7, 11) is 1.20. The maximum atomic E-state index is 12.2. The summed E-state index contributed by atoms with van der Waals surface area (Å²) in [5, 5.41) is 3.30. The van der Waals surface area contributed by atoms with Gasteiger partial charge >= 0.3 is 12.1 Å². The summed E-state index contributed by atoms with van der Waals surface area (Å²) in [5.41, 5.74) is 0.115. The van der Waals surface area contributed by atoms with Gasteiger partial charge in [0.2, 0.25) is 0 Å². The average molecular weight is 350 g/mol. The molecule has 1 aromatic rings. The normalized spacial score (nSPS) is 19.8. The molecule has 0 bridgehead atoms. The Morgan fingerprint density at radius 2 is 1.84 bits per heavy atom. The molecule has 1 aliphatic heterocycles. The van der Waals surface area contributed by atoms with Crippen molar-refractivity contribution in [3.05, 3.63) is 35.9 Å². The summed E-state index contributed by atoms with van der Waals surface area (Å²) in [6, 6.07) is 7.03. The second-order valence-corrected chi connectivity index (χ2v) is 6.51. The number of rotatable bonds is 5. The first kappa shape index (κ1) is 18.7. The Balaban J connectivity index is 2.01. The highest BCUT2D eigenvalue weighted by Gasteiger charge is 2.55. The van der Waals surface area contributed by atoms with Crippen LogP contribution in [0.4, 0.5) is 4.79 Å². The summed E-state index contributed by atoms with van der Waals surface area (Å²) in [4.78, 5) is 41.5. The number of nitrogens with one attached hydrogen (secondary N) is 1. The Morgan fingerprint density at radius 1 is 1.20 bits per heavy atom. The van der Waals surface area contributed by atoms with Crippen molar-refractivity contribution in [1.82, 2.24) is 10.4 Å². The van der Waals surface area contributed by atoms with Crippen molar-refractivity contribution in [2.75, 3.05) is 7.11 Å². The molecule has 2 rings (SSSR count). The largest absolute Gasteiger partial charge is 0.467 e. The van der Waals surface area contributed by atoms with Gasteiger partial charge in [-0.1, -0.05) is 30.3 Å². The van der Waals surface area contributed by atoms with E-state index in [0.29, 0.717) is 0 Å². The van der Waals surface area contributed by atoms with E-state index >= 15 is 0 Å². The van der Waals surface area contributed by atoms with Crippen molar-refractivity contribution in [3.8, 4) is 0 Å². The molecule has 1 heterocycles. The Hall–Kier alpha value is -2.61. The number of hydrogen-bond donors (Lipinski definition) is 1. The first-order valence-electron chi connectivity index (χ1n) is 7.80. The van der Waals surface area contributed by atoms with Crippen LogP contribution < -0.4 is 5.32 Å². The van der Waals surface area contributed by atoms with E-state index in [4.69, 9.17) is 14.3 Å². The van der Waals surface area contributed by atoms with Gasteiger partial charge in [0.15, 0.2) is 6.04 Å².